The van der Waals surface area contributed by atoms with Gasteiger partial charge in [-0.1, -0.05) is 25.0 Å². The Morgan fingerprint density at radius 3 is 2.67 bits per heavy atom. The standard InChI is InChI=1S/C24H27N3O3/c25-12-17-7-9-19(10-8-17)21-11-22(14-26-13-21)24(28)27-15-20-3-1-2-4-23(20)30-29-16-18-5-6-18/h7-11,13-14,18,20,23H,1-6,15-16H2,(H,27,28). The molecule has 30 heavy (non-hydrogen) atoms. The van der Waals surface area contributed by atoms with Crippen LogP contribution in [0.15, 0.2) is 42.7 Å². The summed E-state index contributed by atoms with van der Waals surface area (Å²) in [7, 11) is 0. The highest BCUT2D eigenvalue weighted by Gasteiger charge is 2.29. The fourth-order valence-electron chi connectivity index (χ4n) is 3.83. The number of amides is 1. The van der Waals surface area contributed by atoms with Gasteiger partial charge in [0, 0.05) is 30.4 Å². The van der Waals surface area contributed by atoms with Gasteiger partial charge in [0.2, 0.25) is 0 Å². The van der Waals surface area contributed by atoms with E-state index in [1.807, 2.05) is 18.2 Å². The van der Waals surface area contributed by atoms with Crippen molar-refractivity contribution in [2.75, 3.05) is 13.2 Å². The van der Waals surface area contributed by atoms with Gasteiger partial charge in [0.1, 0.15) is 0 Å². The Morgan fingerprint density at radius 2 is 1.90 bits per heavy atom. The predicted molar refractivity (Wildman–Crippen MR) is 112 cm³/mol. The lowest BCUT2D eigenvalue weighted by Gasteiger charge is -2.30. The number of hydrogen-bond acceptors (Lipinski definition) is 5. The lowest BCUT2D eigenvalue weighted by atomic mass is 9.86. The van der Waals surface area contributed by atoms with Crippen molar-refractivity contribution in [3.63, 3.8) is 0 Å². The first-order valence-corrected chi connectivity index (χ1v) is 10.7. The van der Waals surface area contributed by atoms with E-state index in [2.05, 4.69) is 16.4 Å². The molecule has 1 aromatic heterocycles. The summed E-state index contributed by atoms with van der Waals surface area (Å²) in [6.45, 7) is 1.25. The molecule has 0 saturated heterocycles. The summed E-state index contributed by atoms with van der Waals surface area (Å²) in [6, 6.07) is 11.2. The Labute approximate surface area is 177 Å². The number of nitrogens with one attached hydrogen (secondary N) is 1. The van der Waals surface area contributed by atoms with Gasteiger partial charge in [-0.2, -0.15) is 5.26 Å². The number of hydrogen-bond donors (Lipinski definition) is 1. The minimum atomic E-state index is -0.138. The van der Waals surface area contributed by atoms with Gasteiger partial charge >= 0.3 is 0 Å². The average Bonchev–Trinajstić information content (AvgIpc) is 3.63. The summed E-state index contributed by atoms with van der Waals surface area (Å²) in [5, 5.41) is 12.0. The molecule has 0 bridgehead atoms. The molecular weight excluding hydrogens is 378 g/mol. The van der Waals surface area contributed by atoms with Crippen molar-refractivity contribution in [2.24, 2.45) is 11.8 Å². The molecule has 1 aromatic carbocycles. The zero-order valence-corrected chi connectivity index (χ0v) is 17.0. The molecule has 6 heteroatoms. The van der Waals surface area contributed by atoms with Crippen molar-refractivity contribution in [3.8, 4) is 17.2 Å². The molecule has 2 aliphatic carbocycles. The Kier molecular flexibility index (Phi) is 6.73. The summed E-state index contributed by atoms with van der Waals surface area (Å²) >= 11 is 0. The average molecular weight is 405 g/mol. The molecule has 2 saturated carbocycles. The van der Waals surface area contributed by atoms with Crippen molar-refractivity contribution >= 4 is 5.91 Å². The fourth-order valence-corrected chi connectivity index (χ4v) is 3.83. The number of nitriles is 1. The maximum absolute atomic E-state index is 12.7. The zero-order chi connectivity index (χ0) is 20.8. The highest BCUT2D eigenvalue weighted by molar-refractivity contribution is 5.95. The van der Waals surface area contributed by atoms with E-state index in [1.54, 1.807) is 24.5 Å². The summed E-state index contributed by atoms with van der Waals surface area (Å²) < 4.78 is 0. The normalized spacial score (nSPS) is 21.0. The van der Waals surface area contributed by atoms with Gasteiger partial charge in [-0.25, -0.2) is 9.78 Å². The van der Waals surface area contributed by atoms with Crippen LogP contribution in [-0.4, -0.2) is 30.1 Å². The first-order valence-electron chi connectivity index (χ1n) is 10.7. The van der Waals surface area contributed by atoms with Gasteiger partial charge in [0.25, 0.3) is 5.91 Å². The lowest BCUT2D eigenvalue weighted by molar-refractivity contribution is -0.339. The van der Waals surface area contributed by atoms with E-state index in [1.165, 1.54) is 12.8 Å². The molecule has 0 aliphatic heterocycles. The maximum atomic E-state index is 12.7. The third kappa shape index (κ3) is 5.44. The summed E-state index contributed by atoms with van der Waals surface area (Å²) in [5.74, 6) is 0.792. The summed E-state index contributed by atoms with van der Waals surface area (Å²) in [6.07, 6.45) is 10.1. The minimum absolute atomic E-state index is 0.0425. The molecule has 2 atom stereocenters. The molecule has 1 heterocycles. The smallest absolute Gasteiger partial charge is 0.252 e. The number of pyridine rings is 1. The summed E-state index contributed by atoms with van der Waals surface area (Å²) in [4.78, 5) is 28.1. The zero-order valence-electron chi connectivity index (χ0n) is 17.0. The molecule has 6 nitrogen and oxygen atoms in total. The van der Waals surface area contributed by atoms with E-state index in [-0.39, 0.29) is 17.9 Å². The second kappa shape index (κ2) is 9.84. The van der Waals surface area contributed by atoms with E-state index < -0.39 is 0 Å². The van der Waals surface area contributed by atoms with Crippen LogP contribution in [0.1, 0.15) is 54.4 Å². The molecule has 2 fully saturated rings. The van der Waals surface area contributed by atoms with Gasteiger partial charge in [-0.05, 0) is 55.4 Å². The van der Waals surface area contributed by atoms with E-state index >= 15 is 0 Å². The molecule has 156 valence electrons. The van der Waals surface area contributed by atoms with Crippen LogP contribution in [0.25, 0.3) is 11.1 Å². The Morgan fingerprint density at radius 1 is 1.10 bits per heavy atom. The summed E-state index contributed by atoms with van der Waals surface area (Å²) in [5.41, 5.74) is 2.89. The quantitative estimate of drug-likeness (QED) is 0.524. The number of carbonyl (C=O) groups excluding carboxylic acids is 1. The predicted octanol–water partition coefficient (Wildman–Crippen LogP) is 4.27. The van der Waals surface area contributed by atoms with Crippen LogP contribution in [0.5, 0.6) is 0 Å². The number of rotatable bonds is 8. The second-order valence-corrected chi connectivity index (χ2v) is 8.27. The van der Waals surface area contributed by atoms with Crippen LogP contribution in [0.4, 0.5) is 0 Å². The molecular formula is C24H27N3O3. The lowest BCUT2D eigenvalue weighted by Crippen LogP contribution is -2.38. The van der Waals surface area contributed by atoms with Crippen LogP contribution in [0.3, 0.4) is 0 Å². The molecule has 0 spiro atoms. The second-order valence-electron chi connectivity index (χ2n) is 8.27. The first-order chi connectivity index (χ1) is 14.7. The Hall–Kier alpha value is -2.75. The van der Waals surface area contributed by atoms with Crippen LogP contribution in [0.2, 0.25) is 0 Å². The minimum Gasteiger partial charge on any atom is -0.352 e. The van der Waals surface area contributed by atoms with Crippen LogP contribution in [0, 0.1) is 23.2 Å². The number of benzene rings is 1. The third-order valence-corrected chi connectivity index (χ3v) is 5.90. The third-order valence-electron chi connectivity index (χ3n) is 5.90. The molecule has 2 aromatic rings. The molecule has 4 rings (SSSR count). The topological polar surface area (TPSA) is 84.2 Å². The van der Waals surface area contributed by atoms with Crippen molar-refractivity contribution < 1.29 is 14.6 Å². The number of nitrogens with zero attached hydrogens (tertiary/aromatic N) is 2. The van der Waals surface area contributed by atoms with Gasteiger partial charge < -0.3 is 5.32 Å². The highest BCUT2D eigenvalue weighted by atomic mass is 17.2. The van der Waals surface area contributed by atoms with E-state index in [0.717, 1.165) is 36.8 Å². The van der Waals surface area contributed by atoms with Gasteiger partial charge in [0.05, 0.1) is 29.9 Å². The fraction of sp³-hybridized carbons (Fsp3) is 0.458. The molecule has 1 N–H and O–H groups in total. The monoisotopic (exact) mass is 405 g/mol. The number of aromatic nitrogens is 1. The van der Waals surface area contributed by atoms with Crippen LogP contribution >= 0.6 is 0 Å². The van der Waals surface area contributed by atoms with Crippen molar-refractivity contribution in [3.05, 3.63) is 53.9 Å². The maximum Gasteiger partial charge on any atom is 0.252 e. The van der Waals surface area contributed by atoms with Crippen LogP contribution in [-0.2, 0) is 9.78 Å². The SMILES string of the molecule is N#Cc1ccc(-c2cncc(C(=O)NCC3CCCCC3OOCC3CC3)c2)cc1. The number of carbonyl (C=O) groups is 1. The van der Waals surface area contributed by atoms with Gasteiger partial charge in [-0.15, -0.1) is 0 Å². The molecule has 2 aliphatic rings. The Balaban J connectivity index is 1.34. The molecule has 1 amide bonds. The Bertz CT molecular complexity index is 903. The van der Waals surface area contributed by atoms with Crippen molar-refractivity contribution in [1.82, 2.24) is 10.3 Å². The largest absolute Gasteiger partial charge is 0.352 e. The van der Waals surface area contributed by atoms with E-state index in [9.17, 15) is 4.79 Å². The molecule has 0 radical (unpaired) electrons. The van der Waals surface area contributed by atoms with Crippen LogP contribution < -0.4 is 5.32 Å². The van der Waals surface area contributed by atoms with Gasteiger partial charge in [-0.3, -0.25) is 9.78 Å². The van der Waals surface area contributed by atoms with Crippen molar-refractivity contribution in [1.29, 1.82) is 5.26 Å². The highest BCUT2D eigenvalue weighted by Crippen LogP contribution is 2.31. The van der Waals surface area contributed by atoms with E-state index in [0.29, 0.717) is 30.2 Å². The van der Waals surface area contributed by atoms with E-state index in [4.69, 9.17) is 15.0 Å². The molecule has 2 unspecified atom stereocenters. The van der Waals surface area contributed by atoms with Crippen molar-refractivity contribution in [2.45, 2.75) is 44.6 Å². The van der Waals surface area contributed by atoms with Gasteiger partial charge in [0.15, 0.2) is 0 Å². The first kappa shape index (κ1) is 20.5.